The molecule has 1 aromatic carbocycles. The maximum Gasteiger partial charge on any atom is 0.225 e. The number of hydrogen-bond acceptors (Lipinski definition) is 4. The highest BCUT2D eigenvalue weighted by atomic mass is 16.5. The number of phenols is 1. The lowest BCUT2D eigenvalue weighted by Crippen LogP contribution is -2.37. The van der Waals surface area contributed by atoms with E-state index in [0.717, 1.165) is 0 Å². The third kappa shape index (κ3) is 5.61. The molecule has 0 fully saturated rings. The fourth-order valence-electron chi connectivity index (χ4n) is 1.51. The van der Waals surface area contributed by atoms with Crippen LogP contribution in [0.2, 0.25) is 0 Å². The molecule has 0 aliphatic carbocycles. The van der Waals surface area contributed by atoms with Crippen molar-refractivity contribution >= 4 is 11.6 Å². The Labute approximate surface area is 114 Å². The van der Waals surface area contributed by atoms with Crippen LogP contribution in [0.1, 0.15) is 27.2 Å². The van der Waals surface area contributed by atoms with Crippen molar-refractivity contribution in [2.75, 3.05) is 19.0 Å². The van der Waals surface area contributed by atoms with Crippen molar-refractivity contribution in [3.63, 3.8) is 0 Å². The van der Waals surface area contributed by atoms with Gasteiger partial charge in [-0.25, -0.2) is 0 Å². The summed E-state index contributed by atoms with van der Waals surface area (Å²) in [5.41, 5.74) is 0.346. The standard InChI is InChI=1S/C14H22N2O3/c1-14(2,3)15-8-7-13(18)16-11-9-10(19-4)5-6-12(11)17/h5-6,9,15,17H,7-8H2,1-4H3,(H,16,18). The van der Waals surface area contributed by atoms with E-state index >= 15 is 0 Å². The molecule has 3 N–H and O–H groups in total. The van der Waals surface area contributed by atoms with Gasteiger partial charge in [0.05, 0.1) is 12.8 Å². The van der Waals surface area contributed by atoms with Gasteiger partial charge in [0, 0.05) is 24.6 Å². The Kier molecular flexibility index (Phi) is 5.18. The first-order valence-corrected chi connectivity index (χ1v) is 6.24. The molecule has 5 nitrogen and oxygen atoms in total. The zero-order valence-electron chi connectivity index (χ0n) is 11.9. The van der Waals surface area contributed by atoms with Crippen LogP contribution in [0.15, 0.2) is 18.2 Å². The second kappa shape index (κ2) is 6.43. The molecule has 1 aromatic rings. The molecule has 0 saturated heterocycles. The number of nitrogens with one attached hydrogen (secondary N) is 2. The van der Waals surface area contributed by atoms with Gasteiger partial charge >= 0.3 is 0 Å². The van der Waals surface area contributed by atoms with Gasteiger partial charge in [-0.1, -0.05) is 0 Å². The van der Waals surface area contributed by atoms with Gasteiger partial charge in [0.15, 0.2) is 0 Å². The van der Waals surface area contributed by atoms with Crippen molar-refractivity contribution in [3.8, 4) is 11.5 Å². The lowest BCUT2D eigenvalue weighted by molar-refractivity contribution is -0.116. The van der Waals surface area contributed by atoms with Gasteiger partial charge in [-0.15, -0.1) is 0 Å². The summed E-state index contributed by atoms with van der Waals surface area (Å²) in [5.74, 6) is 0.458. The molecule has 0 aliphatic heterocycles. The predicted molar refractivity (Wildman–Crippen MR) is 75.7 cm³/mol. The number of anilines is 1. The van der Waals surface area contributed by atoms with Crippen molar-refractivity contribution in [2.24, 2.45) is 0 Å². The third-order valence-electron chi connectivity index (χ3n) is 2.49. The van der Waals surface area contributed by atoms with Gasteiger partial charge in [0.1, 0.15) is 11.5 Å². The van der Waals surface area contributed by atoms with Crippen LogP contribution >= 0.6 is 0 Å². The highest BCUT2D eigenvalue weighted by Crippen LogP contribution is 2.27. The average Bonchev–Trinajstić information content (AvgIpc) is 2.30. The summed E-state index contributed by atoms with van der Waals surface area (Å²) in [5, 5.41) is 15.5. The Morgan fingerprint density at radius 1 is 1.37 bits per heavy atom. The highest BCUT2D eigenvalue weighted by Gasteiger charge is 2.11. The fraction of sp³-hybridized carbons (Fsp3) is 0.500. The van der Waals surface area contributed by atoms with Crippen LogP contribution in [0.5, 0.6) is 11.5 Å². The van der Waals surface area contributed by atoms with Crippen LogP contribution < -0.4 is 15.4 Å². The SMILES string of the molecule is COc1ccc(O)c(NC(=O)CCNC(C)(C)C)c1. The lowest BCUT2D eigenvalue weighted by atomic mass is 10.1. The van der Waals surface area contributed by atoms with Crippen LogP contribution in [0, 0.1) is 0 Å². The van der Waals surface area contributed by atoms with E-state index in [0.29, 0.717) is 24.4 Å². The molecule has 1 rings (SSSR count). The summed E-state index contributed by atoms with van der Waals surface area (Å²) >= 11 is 0. The van der Waals surface area contributed by atoms with E-state index in [-0.39, 0.29) is 17.2 Å². The molecule has 0 radical (unpaired) electrons. The molecule has 0 aliphatic rings. The highest BCUT2D eigenvalue weighted by molar-refractivity contribution is 5.92. The Morgan fingerprint density at radius 2 is 2.05 bits per heavy atom. The number of amides is 1. The molecular weight excluding hydrogens is 244 g/mol. The molecule has 19 heavy (non-hydrogen) atoms. The summed E-state index contributed by atoms with van der Waals surface area (Å²) in [6.07, 6.45) is 0.341. The maximum atomic E-state index is 11.7. The number of aromatic hydroxyl groups is 1. The quantitative estimate of drug-likeness (QED) is 0.714. The molecule has 0 bridgehead atoms. The summed E-state index contributed by atoms with van der Waals surface area (Å²) in [7, 11) is 1.53. The minimum atomic E-state index is -0.152. The van der Waals surface area contributed by atoms with E-state index < -0.39 is 0 Å². The Bertz CT molecular complexity index is 439. The van der Waals surface area contributed by atoms with Crippen molar-refractivity contribution in [2.45, 2.75) is 32.7 Å². The van der Waals surface area contributed by atoms with Crippen molar-refractivity contribution in [3.05, 3.63) is 18.2 Å². The van der Waals surface area contributed by atoms with Gasteiger partial charge in [-0.05, 0) is 32.9 Å². The summed E-state index contributed by atoms with van der Waals surface area (Å²) in [6.45, 7) is 6.70. The van der Waals surface area contributed by atoms with Gasteiger partial charge in [0.2, 0.25) is 5.91 Å². The van der Waals surface area contributed by atoms with Crippen molar-refractivity contribution in [1.29, 1.82) is 0 Å². The smallest absolute Gasteiger partial charge is 0.225 e. The second-order valence-electron chi connectivity index (χ2n) is 5.36. The molecule has 0 saturated carbocycles. The topological polar surface area (TPSA) is 70.6 Å². The molecule has 0 unspecified atom stereocenters. The van der Waals surface area contributed by atoms with Gasteiger partial charge < -0.3 is 20.5 Å². The first kappa shape index (κ1) is 15.3. The minimum absolute atomic E-state index is 0.0155. The third-order valence-corrected chi connectivity index (χ3v) is 2.49. The van der Waals surface area contributed by atoms with E-state index in [4.69, 9.17) is 4.74 Å². The normalized spacial score (nSPS) is 11.2. The Balaban J connectivity index is 2.52. The molecule has 1 amide bonds. The fourth-order valence-corrected chi connectivity index (χ4v) is 1.51. The predicted octanol–water partition coefficient (Wildman–Crippen LogP) is 2.12. The van der Waals surface area contributed by atoms with Gasteiger partial charge in [-0.2, -0.15) is 0 Å². The Morgan fingerprint density at radius 3 is 2.63 bits per heavy atom. The minimum Gasteiger partial charge on any atom is -0.506 e. The number of phenolic OH excluding ortho intramolecular Hbond substituents is 1. The summed E-state index contributed by atoms with van der Waals surface area (Å²) < 4.78 is 5.04. The number of carbonyl (C=O) groups excluding carboxylic acids is 1. The zero-order valence-corrected chi connectivity index (χ0v) is 11.9. The van der Waals surface area contributed by atoms with Crippen LogP contribution in [0.4, 0.5) is 5.69 Å². The van der Waals surface area contributed by atoms with E-state index in [1.165, 1.54) is 13.2 Å². The number of carbonyl (C=O) groups is 1. The van der Waals surface area contributed by atoms with Crippen LogP contribution in [-0.4, -0.2) is 30.2 Å². The molecule has 0 heterocycles. The van der Waals surface area contributed by atoms with E-state index in [1.807, 2.05) is 20.8 Å². The molecule has 0 spiro atoms. The van der Waals surface area contributed by atoms with Crippen molar-refractivity contribution < 1.29 is 14.6 Å². The first-order valence-electron chi connectivity index (χ1n) is 6.24. The molecule has 106 valence electrons. The van der Waals surface area contributed by atoms with Gasteiger partial charge in [0.25, 0.3) is 0 Å². The van der Waals surface area contributed by atoms with Crippen molar-refractivity contribution in [1.82, 2.24) is 5.32 Å². The van der Waals surface area contributed by atoms with E-state index in [2.05, 4.69) is 10.6 Å². The van der Waals surface area contributed by atoms with E-state index in [9.17, 15) is 9.90 Å². The molecule has 5 heteroatoms. The zero-order chi connectivity index (χ0) is 14.5. The molecule has 0 atom stereocenters. The van der Waals surface area contributed by atoms with E-state index in [1.54, 1.807) is 12.1 Å². The number of methoxy groups -OCH3 is 1. The maximum absolute atomic E-state index is 11.7. The summed E-state index contributed by atoms with van der Waals surface area (Å²) in [6, 6.07) is 4.71. The lowest BCUT2D eigenvalue weighted by Gasteiger charge is -2.20. The first-order chi connectivity index (χ1) is 8.81. The van der Waals surface area contributed by atoms with Crippen LogP contribution in [-0.2, 0) is 4.79 Å². The Hall–Kier alpha value is -1.75. The second-order valence-corrected chi connectivity index (χ2v) is 5.36. The monoisotopic (exact) mass is 266 g/mol. The number of ether oxygens (including phenoxy) is 1. The number of benzene rings is 1. The average molecular weight is 266 g/mol. The molecule has 0 aromatic heterocycles. The van der Waals surface area contributed by atoms with Crippen LogP contribution in [0.25, 0.3) is 0 Å². The van der Waals surface area contributed by atoms with Crippen LogP contribution in [0.3, 0.4) is 0 Å². The van der Waals surface area contributed by atoms with Gasteiger partial charge in [-0.3, -0.25) is 4.79 Å². The largest absolute Gasteiger partial charge is 0.506 e. The summed E-state index contributed by atoms with van der Waals surface area (Å²) in [4.78, 5) is 11.7. The number of hydrogen-bond donors (Lipinski definition) is 3. The molecular formula is C14H22N2O3. The number of rotatable bonds is 5.